The van der Waals surface area contributed by atoms with Crippen molar-refractivity contribution in [2.75, 3.05) is 19.7 Å². The van der Waals surface area contributed by atoms with E-state index >= 15 is 0 Å². The number of carbonyl (C=O) groups excluding carboxylic acids is 2. The molecule has 1 aromatic heterocycles. The van der Waals surface area contributed by atoms with Crippen LogP contribution in [0.3, 0.4) is 0 Å². The minimum atomic E-state index is -0.556. The summed E-state index contributed by atoms with van der Waals surface area (Å²) in [5.41, 5.74) is 2.09. The lowest BCUT2D eigenvalue weighted by Crippen LogP contribution is -2.52. The fourth-order valence-corrected chi connectivity index (χ4v) is 4.10. The normalized spacial score (nSPS) is 21.3. The van der Waals surface area contributed by atoms with Gasteiger partial charge >= 0.3 is 0 Å². The summed E-state index contributed by atoms with van der Waals surface area (Å²) < 4.78 is 5.50. The third-order valence-electron chi connectivity index (χ3n) is 5.60. The number of nitrogens with one attached hydrogen (secondary N) is 2. The van der Waals surface area contributed by atoms with Gasteiger partial charge in [-0.2, -0.15) is 0 Å². The van der Waals surface area contributed by atoms with Crippen LogP contribution in [-0.2, 0) is 20.7 Å². The van der Waals surface area contributed by atoms with Gasteiger partial charge in [0.15, 0.2) is 0 Å². The number of amides is 2. The fourth-order valence-electron chi connectivity index (χ4n) is 4.10. The molecule has 1 unspecified atom stereocenters. The standard InChI is InChI=1S/C21H27N3O3/c25-20(19-9-6-12-27-19)23-18(21(26)24-10-4-1-5-11-24)13-15-14-22-17-8-3-2-7-16(15)17/h2-3,7-8,14,18-19,22H,1,4-6,9-13H2,(H,23,25)/t18-,19?/m0/s1. The fraction of sp³-hybridized carbons (Fsp3) is 0.524. The van der Waals surface area contributed by atoms with Gasteiger partial charge in [-0.1, -0.05) is 18.2 Å². The third-order valence-corrected chi connectivity index (χ3v) is 5.60. The molecule has 27 heavy (non-hydrogen) atoms. The van der Waals surface area contributed by atoms with Gasteiger partial charge in [0, 0.05) is 43.2 Å². The molecule has 1 aromatic carbocycles. The Bertz CT molecular complexity index is 804. The number of aromatic amines is 1. The second kappa shape index (κ2) is 8.13. The zero-order valence-electron chi connectivity index (χ0n) is 15.6. The van der Waals surface area contributed by atoms with E-state index in [-0.39, 0.29) is 11.8 Å². The molecule has 0 aliphatic carbocycles. The van der Waals surface area contributed by atoms with Crippen LogP contribution >= 0.6 is 0 Å². The summed E-state index contributed by atoms with van der Waals surface area (Å²) >= 11 is 0. The Hall–Kier alpha value is -2.34. The summed E-state index contributed by atoms with van der Waals surface area (Å²) in [7, 11) is 0. The van der Waals surface area contributed by atoms with E-state index in [0.29, 0.717) is 13.0 Å². The zero-order chi connectivity index (χ0) is 18.6. The largest absolute Gasteiger partial charge is 0.368 e. The van der Waals surface area contributed by atoms with E-state index in [1.807, 2.05) is 35.4 Å². The number of rotatable bonds is 5. The number of hydrogen-bond acceptors (Lipinski definition) is 3. The molecule has 2 amide bonds. The number of H-pyrrole nitrogens is 1. The van der Waals surface area contributed by atoms with E-state index in [1.54, 1.807) is 0 Å². The highest BCUT2D eigenvalue weighted by atomic mass is 16.5. The molecule has 6 nitrogen and oxygen atoms in total. The van der Waals surface area contributed by atoms with Crippen molar-refractivity contribution in [3.05, 3.63) is 36.0 Å². The van der Waals surface area contributed by atoms with Gasteiger partial charge in [-0.15, -0.1) is 0 Å². The van der Waals surface area contributed by atoms with Crippen LogP contribution in [0.2, 0.25) is 0 Å². The number of benzene rings is 1. The average Bonchev–Trinajstić information content (AvgIpc) is 3.38. The molecule has 2 aliphatic rings. The van der Waals surface area contributed by atoms with Crippen LogP contribution in [0, 0.1) is 0 Å². The SMILES string of the molecule is O=C(N[C@@H](Cc1c[nH]c2ccccc12)C(=O)N1CCCCC1)C1CCCO1. The lowest BCUT2D eigenvalue weighted by Gasteiger charge is -2.31. The van der Waals surface area contributed by atoms with E-state index in [2.05, 4.69) is 10.3 Å². The highest BCUT2D eigenvalue weighted by Gasteiger charge is 2.31. The Labute approximate surface area is 159 Å². The first-order chi connectivity index (χ1) is 13.2. The lowest BCUT2D eigenvalue weighted by atomic mass is 10.0. The number of fused-ring (bicyclic) bond motifs is 1. The van der Waals surface area contributed by atoms with Gasteiger partial charge in [-0.05, 0) is 43.7 Å². The number of para-hydroxylation sites is 1. The molecule has 6 heteroatoms. The quantitative estimate of drug-likeness (QED) is 0.850. The molecular weight excluding hydrogens is 342 g/mol. The summed E-state index contributed by atoms with van der Waals surface area (Å²) in [6, 6.07) is 7.49. The number of likely N-dealkylation sites (tertiary alicyclic amines) is 1. The number of carbonyl (C=O) groups is 2. The maximum atomic E-state index is 13.2. The van der Waals surface area contributed by atoms with Gasteiger partial charge in [0.05, 0.1) is 0 Å². The molecule has 0 spiro atoms. The van der Waals surface area contributed by atoms with Crippen molar-refractivity contribution in [2.24, 2.45) is 0 Å². The third kappa shape index (κ3) is 4.00. The maximum Gasteiger partial charge on any atom is 0.249 e. The van der Waals surface area contributed by atoms with Gasteiger partial charge in [-0.3, -0.25) is 9.59 Å². The summed E-state index contributed by atoms with van der Waals surface area (Å²) in [4.78, 5) is 31.0. The van der Waals surface area contributed by atoms with Crippen molar-refractivity contribution >= 4 is 22.7 Å². The summed E-state index contributed by atoms with van der Waals surface area (Å²) in [5, 5.41) is 4.09. The second-order valence-electron chi connectivity index (χ2n) is 7.51. The van der Waals surface area contributed by atoms with Crippen LogP contribution in [0.4, 0.5) is 0 Å². The molecule has 4 rings (SSSR count). The molecule has 0 saturated carbocycles. The molecule has 2 aromatic rings. The lowest BCUT2D eigenvalue weighted by molar-refractivity contribution is -0.139. The van der Waals surface area contributed by atoms with E-state index in [9.17, 15) is 9.59 Å². The van der Waals surface area contributed by atoms with Crippen LogP contribution in [0.5, 0.6) is 0 Å². The highest BCUT2D eigenvalue weighted by Crippen LogP contribution is 2.21. The Morgan fingerprint density at radius 1 is 1.19 bits per heavy atom. The van der Waals surface area contributed by atoms with Crippen LogP contribution < -0.4 is 5.32 Å². The molecule has 2 N–H and O–H groups in total. The van der Waals surface area contributed by atoms with E-state index < -0.39 is 12.1 Å². The number of ether oxygens (including phenoxy) is 1. The smallest absolute Gasteiger partial charge is 0.249 e. The van der Waals surface area contributed by atoms with Crippen LogP contribution in [0.25, 0.3) is 10.9 Å². The average molecular weight is 369 g/mol. The van der Waals surface area contributed by atoms with Gasteiger partial charge in [-0.25, -0.2) is 0 Å². The number of aromatic nitrogens is 1. The Balaban J connectivity index is 1.54. The van der Waals surface area contributed by atoms with Crippen molar-refractivity contribution < 1.29 is 14.3 Å². The van der Waals surface area contributed by atoms with Crippen molar-refractivity contribution in [2.45, 2.75) is 50.7 Å². The van der Waals surface area contributed by atoms with Gasteiger partial charge in [0.1, 0.15) is 12.1 Å². The van der Waals surface area contributed by atoms with Crippen molar-refractivity contribution in [3.8, 4) is 0 Å². The molecule has 3 heterocycles. The van der Waals surface area contributed by atoms with Crippen molar-refractivity contribution in [1.29, 1.82) is 0 Å². The van der Waals surface area contributed by atoms with Crippen LogP contribution in [-0.4, -0.2) is 53.5 Å². The first-order valence-electron chi connectivity index (χ1n) is 9.98. The van der Waals surface area contributed by atoms with Crippen LogP contribution in [0.15, 0.2) is 30.5 Å². The molecule has 0 bridgehead atoms. The molecule has 2 saturated heterocycles. The first kappa shape index (κ1) is 18.0. The monoisotopic (exact) mass is 369 g/mol. The Morgan fingerprint density at radius 3 is 2.78 bits per heavy atom. The van der Waals surface area contributed by atoms with E-state index in [4.69, 9.17) is 4.74 Å². The minimum Gasteiger partial charge on any atom is -0.368 e. The maximum absolute atomic E-state index is 13.2. The van der Waals surface area contributed by atoms with Crippen molar-refractivity contribution in [1.82, 2.24) is 15.2 Å². The highest BCUT2D eigenvalue weighted by molar-refractivity contribution is 5.91. The molecule has 2 aliphatic heterocycles. The summed E-state index contributed by atoms with van der Waals surface area (Å²) in [6.07, 6.45) is 6.85. The molecule has 144 valence electrons. The molecule has 2 fully saturated rings. The van der Waals surface area contributed by atoms with Gasteiger partial charge < -0.3 is 19.9 Å². The predicted octanol–water partition coefficient (Wildman–Crippen LogP) is 2.39. The van der Waals surface area contributed by atoms with Gasteiger partial charge in [0.2, 0.25) is 11.8 Å². The second-order valence-corrected chi connectivity index (χ2v) is 7.51. The number of piperidine rings is 1. The predicted molar refractivity (Wildman–Crippen MR) is 103 cm³/mol. The van der Waals surface area contributed by atoms with E-state index in [1.165, 1.54) is 6.42 Å². The minimum absolute atomic E-state index is 0.0197. The molecular formula is C21H27N3O3. The van der Waals surface area contributed by atoms with E-state index in [0.717, 1.165) is 55.2 Å². The summed E-state index contributed by atoms with van der Waals surface area (Å²) in [6.45, 7) is 2.17. The molecule has 2 atom stereocenters. The number of hydrogen-bond donors (Lipinski definition) is 2. The first-order valence-corrected chi connectivity index (χ1v) is 9.98. The number of nitrogens with zero attached hydrogens (tertiary/aromatic N) is 1. The zero-order valence-corrected chi connectivity index (χ0v) is 15.6. The van der Waals surface area contributed by atoms with Crippen LogP contribution in [0.1, 0.15) is 37.7 Å². The Kier molecular flexibility index (Phi) is 5.43. The topological polar surface area (TPSA) is 74.4 Å². The van der Waals surface area contributed by atoms with Gasteiger partial charge in [0.25, 0.3) is 0 Å². The Morgan fingerprint density at radius 2 is 2.00 bits per heavy atom. The van der Waals surface area contributed by atoms with Crippen molar-refractivity contribution in [3.63, 3.8) is 0 Å². The summed E-state index contributed by atoms with van der Waals surface area (Å²) in [5.74, 6) is -0.144. The molecule has 0 radical (unpaired) electrons.